The van der Waals surface area contributed by atoms with Crippen molar-refractivity contribution >= 4 is 27.5 Å². The minimum atomic E-state index is -0.128. The van der Waals surface area contributed by atoms with E-state index in [1.807, 2.05) is 0 Å². The molecule has 0 aliphatic heterocycles. The highest BCUT2D eigenvalue weighted by Crippen LogP contribution is 2.02. The average molecular weight is 203 g/mol. The number of alkyl halides is 2. The van der Waals surface area contributed by atoms with Gasteiger partial charge in [-0.3, -0.25) is 0 Å². The normalized spacial score (nSPS) is 13.9. The zero-order valence-corrected chi connectivity index (χ0v) is 6.65. The molecule has 0 rings (SSSR count). The lowest BCUT2D eigenvalue weighted by atomic mass is 10.7. The molecule has 50 valence electrons. The lowest BCUT2D eigenvalue weighted by Gasteiger charge is -2.04. The standard InChI is InChI=1S/C4H8BrClO2/c5-4(3-6)8-2-1-7/h4,7H,1-3H2. The van der Waals surface area contributed by atoms with Gasteiger partial charge in [0.15, 0.2) is 0 Å². The van der Waals surface area contributed by atoms with Gasteiger partial charge in [-0.25, -0.2) is 0 Å². The van der Waals surface area contributed by atoms with Gasteiger partial charge >= 0.3 is 0 Å². The van der Waals surface area contributed by atoms with Gasteiger partial charge in [0.05, 0.1) is 19.1 Å². The molecule has 1 unspecified atom stereocenters. The Bertz CT molecular complexity index is 53.3. The van der Waals surface area contributed by atoms with Gasteiger partial charge in [-0.1, -0.05) is 15.9 Å². The van der Waals surface area contributed by atoms with Crippen molar-refractivity contribution in [1.82, 2.24) is 0 Å². The maximum Gasteiger partial charge on any atom is 0.126 e. The number of rotatable bonds is 4. The second-order valence-electron chi connectivity index (χ2n) is 1.16. The summed E-state index contributed by atoms with van der Waals surface area (Å²) in [5.74, 6) is 0.403. The van der Waals surface area contributed by atoms with Crippen LogP contribution in [0.3, 0.4) is 0 Å². The van der Waals surface area contributed by atoms with E-state index in [2.05, 4.69) is 15.9 Å². The second kappa shape index (κ2) is 5.82. The fraction of sp³-hybridized carbons (Fsp3) is 1.00. The molecule has 0 aromatic carbocycles. The van der Waals surface area contributed by atoms with Crippen LogP contribution in [0.25, 0.3) is 0 Å². The van der Waals surface area contributed by atoms with Gasteiger partial charge in [0.25, 0.3) is 0 Å². The maximum absolute atomic E-state index is 8.22. The fourth-order valence-corrected chi connectivity index (χ4v) is 0.501. The molecule has 4 heteroatoms. The molecule has 0 aromatic rings. The molecule has 0 heterocycles. The summed E-state index contributed by atoms with van der Waals surface area (Å²) in [6.07, 6.45) is 0. The van der Waals surface area contributed by atoms with E-state index in [1.165, 1.54) is 0 Å². The van der Waals surface area contributed by atoms with Crippen LogP contribution in [0.15, 0.2) is 0 Å². The van der Waals surface area contributed by atoms with Crippen molar-refractivity contribution in [1.29, 1.82) is 0 Å². The molecule has 0 fully saturated rings. The molecule has 0 aliphatic rings. The molecule has 0 spiro atoms. The maximum atomic E-state index is 8.22. The van der Waals surface area contributed by atoms with E-state index in [0.717, 1.165) is 0 Å². The Hall–Kier alpha value is 0.690. The van der Waals surface area contributed by atoms with Crippen LogP contribution in [-0.2, 0) is 4.74 Å². The van der Waals surface area contributed by atoms with Gasteiger partial charge in [0.1, 0.15) is 5.01 Å². The molecular formula is C4H8BrClO2. The first-order chi connectivity index (χ1) is 3.81. The van der Waals surface area contributed by atoms with Crippen molar-refractivity contribution in [3.8, 4) is 0 Å². The minimum absolute atomic E-state index is 0.0407. The topological polar surface area (TPSA) is 29.5 Å². The first kappa shape index (κ1) is 8.69. The third kappa shape index (κ3) is 4.84. The summed E-state index contributed by atoms with van der Waals surface area (Å²) in [6, 6.07) is 0. The largest absolute Gasteiger partial charge is 0.394 e. The van der Waals surface area contributed by atoms with Crippen molar-refractivity contribution in [3.63, 3.8) is 0 Å². The molecular weight excluding hydrogens is 195 g/mol. The van der Waals surface area contributed by atoms with E-state index in [-0.39, 0.29) is 11.6 Å². The minimum Gasteiger partial charge on any atom is -0.394 e. The van der Waals surface area contributed by atoms with Crippen molar-refractivity contribution in [2.75, 3.05) is 19.1 Å². The smallest absolute Gasteiger partial charge is 0.126 e. The summed E-state index contributed by atoms with van der Waals surface area (Å²) in [4.78, 5) is 0. The van der Waals surface area contributed by atoms with E-state index in [4.69, 9.17) is 21.4 Å². The van der Waals surface area contributed by atoms with Crippen molar-refractivity contribution in [2.45, 2.75) is 5.01 Å². The Kier molecular flexibility index (Phi) is 6.32. The van der Waals surface area contributed by atoms with E-state index in [0.29, 0.717) is 12.5 Å². The van der Waals surface area contributed by atoms with Gasteiger partial charge in [-0.05, 0) is 0 Å². The van der Waals surface area contributed by atoms with Crippen LogP contribution in [-0.4, -0.2) is 29.2 Å². The number of halogens is 2. The van der Waals surface area contributed by atoms with Crippen LogP contribution in [0.1, 0.15) is 0 Å². The molecule has 2 nitrogen and oxygen atoms in total. The first-order valence-corrected chi connectivity index (χ1v) is 3.68. The van der Waals surface area contributed by atoms with Crippen molar-refractivity contribution in [3.05, 3.63) is 0 Å². The predicted octanol–water partition coefficient (Wildman–Crippen LogP) is 0.955. The van der Waals surface area contributed by atoms with Crippen LogP contribution in [0, 0.1) is 0 Å². The van der Waals surface area contributed by atoms with Crippen molar-refractivity contribution < 1.29 is 9.84 Å². The molecule has 8 heavy (non-hydrogen) atoms. The Morgan fingerprint density at radius 2 is 2.38 bits per heavy atom. The number of aliphatic hydroxyl groups excluding tert-OH is 1. The Labute approximate surface area is 61.9 Å². The average Bonchev–Trinajstić information content (AvgIpc) is 1.83. The summed E-state index contributed by atoms with van der Waals surface area (Å²) in [7, 11) is 0. The van der Waals surface area contributed by atoms with Gasteiger partial charge < -0.3 is 9.84 Å². The highest BCUT2D eigenvalue weighted by molar-refractivity contribution is 9.09. The summed E-state index contributed by atoms with van der Waals surface area (Å²) in [6.45, 7) is 0.377. The molecule has 0 radical (unpaired) electrons. The molecule has 0 aliphatic carbocycles. The van der Waals surface area contributed by atoms with E-state index < -0.39 is 0 Å². The third-order valence-electron chi connectivity index (χ3n) is 0.511. The van der Waals surface area contributed by atoms with Gasteiger partial charge in [0.2, 0.25) is 0 Å². The molecule has 0 aromatic heterocycles. The quantitative estimate of drug-likeness (QED) is 0.690. The Morgan fingerprint density at radius 3 is 2.75 bits per heavy atom. The molecule has 1 atom stereocenters. The summed E-state index contributed by atoms with van der Waals surface area (Å²) in [5, 5.41) is 8.09. The third-order valence-corrected chi connectivity index (χ3v) is 1.75. The Morgan fingerprint density at radius 1 is 1.75 bits per heavy atom. The van der Waals surface area contributed by atoms with E-state index >= 15 is 0 Å². The SMILES string of the molecule is OCCOC(Br)CCl. The highest BCUT2D eigenvalue weighted by atomic mass is 79.9. The first-order valence-electron chi connectivity index (χ1n) is 2.23. The fourth-order valence-electron chi connectivity index (χ4n) is 0.225. The molecule has 0 amide bonds. The highest BCUT2D eigenvalue weighted by Gasteiger charge is 1.98. The van der Waals surface area contributed by atoms with Gasteiger partial charge in [-0.2, -0.15) is 0 Å². The van der Waals surface area contributed by atoms with Gasteiger partial charge in [0, 0.05) is 0 Å². The summed E-state index contributed by atoms with van der Waals surface area (Å²) < 4.78 is 4.88. The monoisotopic (exact) mass is 202 g/mol. The van der Waals surface area contributed by atoms with Crippen LogP contribution in [0.4, 0.5) is 0 Å². The number of aliphatic hydroxyl groups is 1. The zero-order valence-electron chi connectivity index (χ0n) is 4.31. The van der Waals surface area contributed by atoms with Crippen LogP contribution >= 0.6 is 27.5 Å². The van der Waals surface area contributed by atoms with Crippen LogP contribution in [0.2, 0.25) is 0 Å². The number of hydrogen-bond donors (Lipinski definition) is 1. The zero-order chi connectivity index (χ0) is 6.41. The van der Waals surface area contributed by atoms with E-state index in [9.17, 15) is 0 Å². The van der Waals surface area contributed by atoms with Crippen LogP contribution < -0.4 is 0 Å². The van der Waals surface area contributed by atoms with Gasteiger partial charge in [-0.15, -0.1) is 11.6 Å². The molecule has 0 saturated carbocycles. The lowest BCUT2D eigenvalue weighted by molar-refractivity contribution is 0.0889. The molecule has 1 N–H and O–H groups in total. The number of ether oxygens (including phenoxy) is 1. The predicted molar refractivity (Wildman–Crippen MR) is 36.5 cm³/mol. The van der Waals surface area contributed by atoms with E-state index in [1.54, 1.807) is 0 Å². The van der Waals surface area contributed by atoms with Crippen LogP contribution in [0.5, 0.6) is 0 Å². The Balaban J connectivity index is 2.86. The lowest BCUT2D eigenvalue weighted by Crippen LogP contribution is -2.09. The number of hydrogen-bond acceptors (Lipinski definition) is 2. The summed E-state index contributed by atoms with van der Waals surface area (Å²) >= 11 is 8.45. The summed E-state index contributed by atoms with van der Waals surface area (Å²) in [5.41, 5.74) is 0. The van der Waals surface area contributed by atoms with Crippen molar-refractivity contribution in [2.24, 2.45) is 0 Å². The second-order valence-corrected chi connectivity index (χ2v) is 2.49. The molecule has 0 saturated heterocycles. The molecule has 0 bridgehead atoms.